The van der Waals surface area contributed by atoms with Crippen molar-refractivity contribution in [1.82, 2.24) is 0 Å². The fraction of sp³-hybridized carbons (Fsp3) is 0.250. The van der Waals surface area contributed by atoms with Gasteiger partial charge in [-0.15, -0.1) is 0 Å². The lowest BCUT2D eigenvalue weighted by Gasteiger charge is -1.98. The molecule has 0 unspecified atom stereocenters. The van der Waals surface area contributed by atoms with Gasteiger partial charge in [0.2, 0.25) is 0 Å². The molecule has 0 aliphatic heterocycles. The van der Waals surface area contributed by atoms with Gasteiger partial charge >= 0.3 is 11.9 Å². The molecule has 1 aromatic rings. The lowest BCUT2D eigenvalue weighted by Crippen LogP contribution is -2.07. The largest absolute Gasteiger partial charge is 0.481 e. The summed E-state index contributed by atoms with van der Waals surface area (Å²) in [7, 11) is 1.27. The number of carbonyl (C=O) groups is 2. The summed E-state index contributed by atoms with van der Waals surface area (Å²) in [6.07, 6.45) is -0.145. The first kappa shape index (κ1) is 9.73. The summed E-state index contributed by atoms with van der Waals surface area (Å²) in [6, 6.07) is 0. The highest BCUT2D eigenvalue weighted by atomic mass is 32.1. The van der Waals surface area contributed by atoms with E-state index < -0.39 is 11.9 Å². The minimum atomic E-state index is -0.955. The summed E-state index contributed by atoms with van der Waals surface area (Å²) in [6.45, 7) is 0. The highest BCUT2D eigenvalue weighted by Gasteiger charge is 2.14. The van der Waals surface area contributed by atoms with E-state index in [-0.39, 0.29) is 6.42 Å². The van der Waals surface area contributed by atoms with Gasteiger partial charge in [0.05, 0.1) is 19.1 Å². The van der Waals surface area contributed by atoms with Crippen molar-refractivity contribution in [2.45, 2.75) is 6.42 Å². The summed E-state index contributed by atoms with van der Waals surface area (Å²) in [4.78, 5) is 21.5. The number of hydrogen-bond donors (Lipinski definition) is 1. The van der Waals surface area contributed by atoms with Gasteiger partial charge in [-0.3, -0.25) is 4.79 Å². The van der Waals surface area contributed by atoms with E-state index in [4.69, 9.17) is 5.11 Å². The first-order valence-electron chi connectivity index (χ1n) is 3.50. The number of carboxylic acid groups (broad SMARTS) is 1. The predicted octanol–water partition coefficient (Wildman–Crippen LogP) is 1.16. The van der Waals surface area contributed by atoms with E-state index in [1.54, 1.807) is 10.8 Å². The predicted molar refractivity (Wildman–Crippen MR) is 47.0 cm³/mol. The molecule has 0 atom stereocenters. The Morgan fingerprint density at radius 2 is 2.23 bits per heavy atom. The van der Waals surface area contributed by atoms with E-state index in [9.17, 15) is 9.59 Å². The average Bonchev–Trinajstić information content (AvgIpc) is 2.50. The lowest BCUT2D eigenvalue weighted by molar-refractivity contribution is -0.136. The lowest BCUT2D eigenvalue weighted by atomic mass is 10.1. The molecular formula is C8H8O4S. The zero-order valence-electron chi connectivity index (χ0n) is 6.94. The monoisotopic (exact) mass is 200 g/mol. The Balaban J connectivity index is 2.89. The highest BCUT2D eigenvalue weighted by Crippen LogP contribution is 2.16. The zero-order chi connectivity index (χ0) is 9.84. The molecule has 0 saturated heterocycles. The van der Waals surface area contributed by atoms with Crippen molar-refractivity contribution < 1.29 is 19.4 Å². The number of rotatable bonds is 3. The van der Waals surface area contributed by atoms with Gasteiger partial charge in [-0.2, -0.15) is 11.3 Å². The van der Waals surface area contributed by atoms with Gasteiger partial charge in [-0.05, 0) is 10.9 Å². The molecule has 0 spiro atoms. The maximum Gasteiger partial charge on any atom is 0.338 e. The molecule has 0 aliphatic carbocycles. The summed E-state index contributed by atoms with van der Waals surface area (Å²) in [5.41, 5.74) is 0.847. The van der Waals surface area contributed by atoms with Crippen molar-refractivity contribution in [1.29, 1.82) is 0 Å². The van der Waals surface area contributed by atoms with E-state index in [2.05, 4.69) is 4.74 Å². The van der Waals surface area contributed by atoms with Crippen LogP contribution in [0, 0.1) is 0 Å². The minimum Gasteiger partial charge on any atom is -0.481 e. The Morgan fingerprint density at radius 1 is 1.54 bits per heavy atom. The van der Waals surface area contributed by atoms with E-state index >= 15 is 0 Å². The van der Waals surface area contributed by atoms with Crippen LogP contribution >= 0.6 is 11.3 Å². The second kappa shape index (κ2) is 4.04. The summed E-state index contributed by atoms with van der Waals surface area (Å²) < 4.78 is 4.49. The molecule has 1 aromatic heterocycles. The Bertz CT molecular complexity index is 329. The van der Waals surface area contributed by atoms with Gasteiger partial charge < -0.3 is 9.84 Å². The smallest absolute Gasteiger partial charge is 0.338 e. The Hall–Kier alpha value is -1.36. The number of ether oxygens (including phenoxy) is 1. The number of methoxy groups -OCH3 is 1. The summed E-state index contributed by atoms with van der Waals surface area (Å²) >= 11 is 1.29. The third-order valence-electron chi connectivity index (χ3n) is 1.49. The first-order valence-corrected chi connectivity index (χ1v) is 4.44. The molecule has 0 fully saturated rings. The molecule has 0 saturated carbocycles. The van der Waals surface area contributed by atoms with Crippen molar-refractivity contribution in [3.63, 3.8) is 0 Å². The van der Waals surface area contributed by atoms with E-state index in [1.165, 1.54) is 18.4 Å². The van der Waals surface area contributed by atoms with Crippen molar-refractivity contribution in [3.8, 4) is 0 Å². The molecule has 1 heterocycles. The Kier molecular flexibility index (Phi) is 3.02. The number of aliphatic carboxylic acids is 1. The third kappa shape index (κ3) is 2.29. The van der Waals surface area contributed by atoms with Gasteiger partial charge in [0.15, 0.2) is 0 Å². The van der Waals surface area contributed by atoms with Gasteiger partial charge in [-0.25, -0.2) is 4.79 Å². The van der Waals surface area contributed by atoms with Crippen LogP contribution in [0.3, 0.4) is 0 Å². The van der Waals surface area contributed by atoms with Crippen LogP contribution in [0.15, 0.2) is 10.8 Å². The second-order valence-electron chi connectivity index (χ2n) is 2.37. The zero-order valence-corrected chi connectivity index (χ0v) is 7.76. The van der Waals surface area contributed by atoms with E-state index in [1.807, 2.05) is 0 Å². The van der Waals surface area contributed by atoms with Crippen molar-refractivity contribution >= 4 is 23.3 Å². The topological polar surface area (TPSA) is 63.6 Å². The van der Waals surface area contributed by atoms with Crippen LogP contribution < -0.4 is 0 Å². The quantitative estimate of drug-likeness (QED) is 0.744. The van der Waals surface area contributed by atoms with E-state index in [0.717, 1.165) is 0 Å². The number of hydrogen-bond acceptors (Lipinski definition) is 4. The normalized spacial score (nSPS) is 9.62. The number of thiophene rings is 1. The summed E-state index contributed by atoms with van der Waals surface area (Å²) in [5.74, 6) is -1.44. The first-order chi connectivity index (χ1) is 6.15. The number of esters is 1. The average molecular weight is 200 g/mol. The fourth-order valence-corrected chi connectivity index (χ4v) is 1.74. The van der Waals surface area contributed by atoms with Crippen LogP contribution in [-0.2, 0) is 16.0 Å². The van der Waals surface area contributed by atoms with Crippen LogP contribution in [0.1, 0.15) is 15.9 Å². The molecule has 4 nitrogen and oxygen atoms in total. The molecule has 5 heteroatoms. The molecule has 0 radical (unpaired) electrons. The highest BCUT2D eigenvalue weighted by molar-refractivity contribution is 7.08. The van der Waals surface area contributed by atoms with Crippen LogP contribution in [0.25, 0.3) is 0 Å². The third-order valence-corrected chi connectivity index (χ3v) is 2.28. The van der Waals surface area contributed by atoms with Crippen molar-refractivity contribution in [2.24, 2.45) is 0 Å². The summed E-state index contributed by atoms with van der Waals surface area (Å²) in [5, 5.41) is 11.7. The minimum absolute atomic E-state index is 0.145. The molecule has 0 aliphatic rings. The second-order valence-corrected chi connectivity index (χ2v) is 3.12. The van der Waals surface area contributed by atoms with Crippen LogP contribution in [-0.4, -0.2) is 24.2 Å². The number of carbonyl (C=O) groups excluding carboxylic acids is 1. The molecule has 13 heavy (non-hydrogen) atoms. The van der Waals surface area contributed by atoms with Crippen LogP contribution in [0.2, 0.25) is 0 Å². The molecule has 0 amide bonds. The molecule has 0 aromatic carbocycles. The maximum absolute atomic E-state index is 11.1. The number of carboxylic acids is 1. The Labute approximate surface area is 78.8 Å². The molecule has 1 N–H and O–H groups in total. The fourth-order valence-electron chi connectivity index (χ4n) is 0.912. The Morgan fingerprint density at radius 3 is 2.77 bits per heavy atom. The van der Waals surface area contributed by atoms with Gasteiger partial charge in [0.25, 0.3) is 0 Å². The molecule has 0 bridgehead atoms. The van der Waals surface area contributed by atoms with Crippen molar-refractivity contribution in [3.05, 3.63) is 21.9 Å². The van der Waals surface area contributed by atoms with Crippen molar-refractivity contribution in [2.75, 3.05) is 7.11 Å². The van der Waals surface area contributed by atoms with E-state index in [0.29, 0.717) is 11.1 Å². The SMILES string of the molecule is COC(=O)c1cscc1CC(=O)O. The maximum atomic E-state index is 11.1. The molecule has 70 valence electrons. The van der Waals surface area contributed by atoms with Crippen LogP contribution in [0.5, 0.6) is 0 Å². The molecular weight excluding hydrogens is 192 g/mol. The molecule has 1 rings (SSSR count). The standard InChI is InChI=1S/C8H8O4S/c1-12-8(11)6-4-13-3-5(6)2-7(9)10/h3-4H,2H2,1H3,(H,9,10). The van der Waals surface area contributed by atoms with Gasteiger partial charge in [0, 0.05) is 5.38 Å². The van der Waals surface area contributed by atoms with Crippen LogP contribution in [0.4, 0.5) is 0 Å². The van der Waals surface area contributed by atoms with Gasteiger partial charge in [-0.1, -0.05) is 0 Å². The van der Waals surface area contributed by atoms with Gasteiger partial charge in [0.1, 0.15) is 0 Å².